The number of carbonyl (C=O) groups is 2. The SMILES string of the molecule is CCOC(=O)CCn1c(=NC(=O)c2cccc([N+](=O)[O-])c2)sc2cc(S(N)(=O)=O)ccc21. The summed E-state index contributed by atoms with van der Waals surface area (Å²) < 4.78 is 30.4. The lowest BCUT2D eigenvalue weighted by Gasteiger charge is -2.06. The molecule has 168 valence electrons. The highest BCUT2D eigenvalue weighted by Crippen LogP contribution is 2.22. The molecule has 1 aromatic heterocycles. The topological polar surface area (TPSA) is 164 Å². The fraction of sp³-hybridized carbons (Fsp3) is 0.211. The maximum atomic E-state index is 12.7. The summed E-state index contributed by atoms with van der Waals surface area (Å²) in [5.74, 6) is -1.17. The summed E-state index contributed by atoms with van der Waals surface area (Å²) in [6, 6.07) is 9.32. The lowest BCUT2D eigenvalue weighted by molar-refractivity contribution is -0.384. The first-order valence-corrected chi connectivity index (χ1v) is 11.6. The number of aromatic nitrogens is 1. The summed E-state index contributed by atoms with van der Waals surface area (Å²) in [6.07, 6.45) is -0.00516. The number of esters is 1. The molecule has 0 aliphatic rings. The molecule has 13 heteroatoms. The van der Waals surface area contributed by atoms with Gasteiger partial charge in [-0.1, -0.05) is 17.4 Å². The third-order valence-corrected chi connectivity index (χ3v) is 6.28. The van der Waals surface area contributed by atoms with Crippen LogP contribution in [0.5, 0.6) is 0 Å². The predicted octanol–water partition coefficient (Wildman–Crippen LogP) is 1.95. The van der Waals surface area contributed by atoms with E-state index in [1.165, 1.54) is 36.4 Å². The van der Waals surface area contributed by atoms with Crippen molar-refractivity contribution in [3.63, 3.8) is 0 Å². The fourth-order valence-corrected chi connectivity index (χ4v) is 4.58. The molecule has 0 bridgehead atoms. The normalized spacial score (nSPS) is 12.1. The van der Waals surface area contributed by atoms with E-state index >= 15 is 0 Å². The van der Waals surface area contributed by atoms with Crippen LogP contribution < -0.4 is 9.94 Å². The summed E-state index contributed by atoms with van der Waals surface area (Å²) in [4.78, 5) is 39.0. The van der Waals surface area contributed by atoms with E-state index < -0.39 is 26.8 Å². The zero-order chi connectivity index (χ0) is 23.5. The van der Waals surface area contributed by atoms with Gasteiger partial charge in [0.05, 0.1) is 33.1 Å². The number of nitrogens with zero attached hydrogens (tertiary/aromatic N) is 3. The van der Waals surface area contributed by atoms with E-state index in [0.717, 1.165) is 17.4 Å². The Bertz CT molecular complexity index is 1390. The molecule has 0 saturated heterocycles. The number of rotatable bonds is 7. The van der Waals surface area contributed by atoms with Gasteiger partial charge in [0, 0.05) is 24.2 Å². The number of non-ortho nitro benzene ring substituents is 1. The average Bonchev–Trinajstić information content (AvgIpc) is 3.08. The maximum Gasteiger partial charge on any atom is 0.307 e. The number of primary sulfonamides is 1. The Hall–Kier alpha value is -3.42. The van der Waals surface area contributed by atoms with Crippen LogP contribution in [0.15, 0.2) is 52.4 Å². The summed E-state index contributed by atoms with van der Waals surface area (Å²) in [5, 5.41) is 16.2. The number of ether oxygens (including phenoxy) is 1. The van der Waals surface area contributed by atoms with Crippen molar-refractivity contribution in [1.82, 2.24) is 4.57 Å². The Morgan fingerprint density at radius 2 is 2.00 bits per heavy atom. The number of nitro groups is 1. The lowest BCUT2D eigenvalue weighted by Crippen LogP contribution is -2.19. The van der Waals surface area contributed by atoms with Crippen molar-refractivity contribution in [1.29, 1.82) is 0 Å². The number of benzene rings is 2. The van der Waals surface area contributed by atoms with Gasteiger partial charge in [-0.15, -0.1) is 0 Å². The fourth-order valence-electron chi connectivity index (χ4n) is 2.87. The van der Waals surface area contributed by atoms with Gasteiger partial charge in [-0.3, -0.25) is 19.7 Å². The minimum absolute atomic E-state index is 0.00516. The zero-order valence-corrected chi connectivity index (χ0v) is 18.4. The number of fused-ring (bicyclic) bond motifs is 1. The Morgan fingerprint density at radius 1 is 1.25 bits per heavy atom. The smallest absolute Gasteiger partial charge is 0.307 e. The summed E-state index contributed by atoms with van der Waals surface area (Å²) in [7, 11) is -3.95. The van der Waals surface area contributed by atoms with E-state index in [1.54, 1.807) is 11.5 Å². The maximum absolute atomic E-state index is 12.7. The Labute approximate surface area is 186 Å². The van der Waals surface area contributed by atoms with E-state index in [4.69, 9.17) is 9.88 Å². The first-order valence-electron chi connectivity index (χ1n) is 9.25. The average molecular weight is 479 g/mol. The minimum Gasteiger partial charge on any atom is -0.466 e. The van der Waals surface area contributed by atoms with E-state index in [9.17, 15) is 28.1 Å². The number of nitrogens with two attached hydrogens (primary N) is 1. The Morgan fingerprint density at radius 3 is 2.66 bits per heavy atom. The third kappa shape index (κ3) is 5.25. The van der Waals surface area contributed by atoms with Crippen LogP contribution in [0.1, 0.15) is 23.7 Å². The summed E-state index contributed by atoms with van der Waals surface area (Å²) in [6.45, 7) is 2.01. The number of hydrogen-bond donors (Lipinski definition) is 1. The van der Waals surface area contributed by atoms with Gasteiger partial charge in [0.25, 0.3) is 11.6 Å². The van der Waals surface area contributed by atoms with Crippen molar-refractivity contribution in [3.8, 4) is 0 Å². The molecule has 0 saturated carbocycles. The summed E-state index contributed by atoms with van der Waals surface area (Å²) in [5.41, 5.74) is 0.298. The van der Waals surface area contributed by atoms with E-state index in [0.29, 0.717) is 10.2 Å². The van der Waals surface area contributed by atoms with Crippen molar-refractivity contribution in [2.75, 3.05) is 6.61 Å². The monoisotopic (exact) mass is 478 g/mol. The van der Waals surface area contributed by atoms with Gasteiger partial charge in [-0.05, 0) is 31.2 Å². The van der Waals surface area contributed by atoms with Crippen LogP contribution in [0.25, 0.3) is 10.2 Å². The van der Waals surface area contributed by atoms with Crippen LogP contribution in [0.2, 0.25) is 0 Å². The van der Waals surface area contributed by atoms with Gasteiger partial charge >= 0.3 is 5.97 Å². The third-order valence-electron chi connectivity index (χ3n) is 4.33. The van der Waals surface area contributed by atoms with E-state index in [2.05, 4.69) is 4.99 Å². The van der Waals surface area contributed by atoms with E-state index in [1.807, 2.05) is 0 Å². The molecule has 0 atom stereocenters. The molecule has 0 aliphatic heterocycles. The van der Waals surface area contributed by atoms with Crippen molar-refractivity contribution >= 4 is 49.1 Å². The lowest BCUT2D eigenvalue weighted by atomic mass is 10.2. The summed E-state index contributed by atoms with van der Waals surface area (Å²) >= 11 is 1.02. The highest BCUT2D eigenvalue weighted by molar-refractivity contribution is 7.89. The van der Waals surface area contributed by atoms with Crippen molar-refractivity contribution < 1.29 is 27.7 Å². The van der Waals surface area contributed by atoms with Crippen molar-refractivity contribution in [3.05, 3.63) is 62.9 Å². The molecule has 2 N–H and O–H groups in total. The molecule has 0 spiro atoms. The number of sulfonamides is 1. The number of aryl methyl sites for hydroxylation is 1. The van der Waals surface area contributed by atoms with Gasteiger partial charge in [-0.25, -0.2) is 13.6 Å². The zero-order valence-electron chi connectivity index (χ0n) is 16.8. The molecule has 0 radical (unpaired) electrons. The molecule has 0 fully saturated rings. The number of hydrogen-bond acceptors (Lipinski definition) is 8. The quantitative estimate of drug-likeness (QED) is 0.308. The van der Waals surface area contributed by atoms with Crippen LogP contribution in [-0.4, -0.2) is 36.4 Å². The second-order valence-electron chi connectivity index (χ2n) is 6.49. The van der Waals surface area contributed by atoms with Gasteiger partial charge in [0.2, 0.25) is 10.0 Å². The highest BCUT2D eigenvalue weighted by atomic mass is 32.2. The molecular weight excluding hydrogens is 460 g/mol. The van der Waals surface area contributed by atoms with Gasteiger partial charge in [0.15, 0.2) is 4.80 Å². The molecule has 1 heterocycles. The number of nitro benzene ring substituents is 1. The van der Waals surface area contributed by atoms with Crippen molar-refractivity contribution in [2.45, 2.75) is 24.8 Å². The molecule has 0 aliphatic carbocycles. The predicted molar refractivity (Wildman–Crippen MR) is 115 cm³/mol. The van der Waals surface area contributed by atoms with Gasteiger partial charge in [0.1, 0.15) is 0 Å². The molecule has 11 nitrogen and oxygen atoms in total. The van der Waals surface area contributed by atoms with Gasteiger partial charge < -0.3 is 9.30 Å². The van der Waals surface area contributed by atoms with Crippen LogP contribution in [0.3, 0.4) is 0 Å². The first kappa shape index (κ1) is 23.2. The number of carbonyl (C=O) groups excluding carboxylic acids is 2. The Kier molecular flexibility index (Phi) is 6.81. The molecule has 32 heavy (non-hydrogen) atoms. The van der Waals surface area contributed by atoms with Gasteiger partial charge in [-0.2, -0.15) is 4.99 Å². The molecule has 0 unspecified atom stereocenters. The first-order chi connectivity index (χ1) is 15.1. The molecule has 3 rings (SSSR count). The van der Waals surface area contributed by atoms with Crippen LogP contribution in [0.4, 0.5) is 5.69 Å². The number of amides is 1. The molecule has 1 amide bonds. The van der Waals surface area contributed by atoms with Crippen molar-refractivity contribution in [2.24, 2.45) is 10.1 Å². The largest absolute Gasteiger partial charge is 0.466 e. The second-order valence-corrected chi connectivity index (χ2v) is 9.06. The Balaban J connectivity index is 2.11. The van der Waals surface area contributed by atoms with E-state index in [-0.39, 0.29) is 40.5 Å². The number of thiazole rings is 1. The second kappa shape index (κ2) is 9.38. The standard InChI is InChI=1S/C19H18N4O7S2/c1-2-30-17(24)8-9-22-15-7-6-14(32(20,28)29)11-16(15)31-19(22)21-18(25)12-4-3-5-13(10-12)23(26)27/h3-7,10-11H,2,8-9H2,1H3,(H2,20,28,29). The van der Waals surface area contributed by atoms with Crippen LogP contribution >= 0.6 is 11.3 Å². The minimum atomic E-state index is -3.95. The molecule has 3 aromatic rings. The highest BCUT2D eigenvalue weighted by Gasteiger charge is 2.16. The molecule has 2 aromatic carbocycles. The van der Waals surface area contributed by atoms with Crippen LogP contribution in [-0.2, 0) is 26.1 Å². The van der Waals surface area contributed by atoms with Crippen LogP contribution in [0, 0.1) is 10.1 Å². The molecular formula is C19H18N4O7S2.